The Balaban J connectivity index is 2.46. The number of aromatic nitrogens is 2. The molecule has 0 fully saturated rings. The molecule has 1 aromatic heterocycles. The first kappa shape index (κ1) is 15.0. The quantitative estimate of drug-likeness (QED) is 0.875. The van der Waals surface area contributed by atoms with Gasteiger partial charge in [-0.15, -0.1) is 0 Å². The zero-order valence-electron chi connectivity index (χ0n) is 10.1. The van der Waals surface area contributed by atoms with Crippen molar-refractivity contribution in [1.29, 1.82) is 0 Å². The highest BCUT2D eigenvalue weighted by Crippen LogP contribution is 2.29. The highest BCUT2D eigenvalue weighted by molar-refractivity contribution is 7.92. The Bertz CT molecular complexity index is 748. The number of sulfonamides is 1. The van der Waals surface area contributed by atoms with Crippen molar-refractivity contribution in [2.75, 3.05) is 4.72 Å². The van der Waals surface area contributed by atoms with Gasteiger partial charge >= 0.3 is 0 Å². The van der Waals surface area contributed by atoms with Crippen LogP contribution in [0.15, 0.2) is 29.4 Å². The van der Waals surface area contributed by atoms with Gasteiger partial charge in [-0.2, -0.15) is 0 Å². The average Bonchev–Trinajstić information content (AvgIpc) is 2.33. The van der Waals surface area contributed by atoms with E-state index in [0.29, 0.717) is 0 Å². The molecule has 0 radical (unpaired) electrons. The van der Waals surface area contributed by atoms with E-state index in [1.807, 2.05) is 0 Å². The molecule has 0 unspecified atom stereocenters. The topological polar surface area (TPSA) is 72.0 Å². The van der Waals surface area contributed by atoms with Gasteiger partial charge in [0.05, 0.1) is 4.90 Å². The van der Waals surface area contributed by atoms with Gasteiger partial charge in [0.15, 0.2) is 10.3 Å². The second kappa shape index (κ2) is 5.51. The molecule has 20 heavy (non-hydrogen) atoms. The number of hydrogen-bond acceptors (Lipinski definition) is 4. The Kier molecular flexibility index (Phi) is 4.12. The molecule has 9 heteroatoms. The molecule has 0 spiro atoms. The van der Waals surface area contributed by atoms with E-state index in [2.05, 4.69) is 14.7 Å². The number of rotatable bonds is 3. The molecule has 0 saturated heterocycles. The predicted molar refractivity (Wildman–Crippen MR) is 74.0 cm³/mol. The Hall–Kier alpha value is -1.44. The summed E-state index contributed by atoms with van der Waals surface area (Å²) in [5.74, 6) is -0.527. The maximum absolute atomic E-state index is 13.0. The minimum Gasteiger partial charge on any atom is -0.274 e. The van der Waals surface area contributed by atoms with Crippen LogP contribution in [0.4, 0.5) is 10.1 Å². The molecule has 0 aliphatic rings. The molecule has 0 amide bonds. The van der Waals surface area contributed by atoms with Crippen LogP contribution in [-0.4, -0.2) is 18.4 Å². The molecular formula is C11H8Cl2FN3O2S. The minimum absolute atomic E-state index is 0.0881. The van der Waals surface area contributed by atoms with Gasteiger partial charge in [0, 0.05) is 0 Å². The van der Waals surface area contributed by atoms with Crippen molar-refractivity contribution < 1.29 is 12.8 Å². The van der Waals surface area contributed by atoms with Gasteiger partial charge in [0.25, 0.3) is 10.0 Å². The van der Waals surface area contributed by atoms with Gasteiger partial charge in [0.1, 0.15) is 17.8 Å². The third-order valence-electron chi connectivity index (χ3n) is 2.42. The van der Waals surface area contributed by atoms with Crippen LogP contribution in [0.5, 0.6) is 0 Å². The fourth-order valence-corrected chi connectivity index (χ4v) is 3.36. The van der Waals surface area contributed by atoms with Crippen LogP contribution in [-0.2, 0) is 10.0 Å². The zero-order chi connectivity index (χ0) is 14.9. The SMILES string of the molecule is Cc1cc(F)ccc1S(=O)(=O)Nc1c(Cl)ncnc1Cl. The van der Waals surface area contributed by atoms with Crippen molar-refractivity contribution >= 4 is 38.9 Å². The van der Waals surface area contributed by atoms with Crippen molar-refractivity contribution in [3.05, 3.63) is 46.2 Å². The van der Waals surface area contributed by atoms with E-state index < -0.39 is 15.8 Å². The molecule has 106 valence electrons. The largest absolute Gasteiger partial charge is 0.274 e. The maximum atomic E-state index is 13.0. The minimum atomic E-state index is -3.97. The molecule has 2 rings (SSSR count). The Labute approximate surface area is 124 Å². The Morgan fingerprint density at radius 3 is 2.35 bits per heavy atom. The first-order chi connectivity index (χ1) is 9.31. The van der Waals surface area contributed by atoms with Crippen molar-refractivity contribution in [3.8, 4) is 0 Å². The molecule has 0 atom stereocenters. The molecule has 1 N–H and O–H groups in total. The molecule has 0 aliphatic heterocycles. The lowest BCUT2D eigenvalue weighted by Gasteiger charge is -2.11. The summed E-state index contributed by atoms with van der Waals surface area (Å²) < 4.78 is 39.7. The van der Waals surface area contributed by atoms with Crippen molar-refractivity contribution in [2.45, 2.75) is 11.8 Å². The van der Waals surface area contributed by atoms with Crippen LogP contribution < -0.4 is 4.72 Å². The van der Waals surface area contributed by atoms with Gasteiger partial charge in [-0.05, 0) is 30.7 Å². The number of benzene rings is 1. The van der Waals surface area contributed by atoms with E-state index in [9.17, 15) is 12.8 Å². The van der Waals surface area contributed by atoms with E-state index >= 15 is 0 Å². The number of hydrogen-bond donors (Lipinski definition) is 1. The fraction of sp³-hybridized carbons (Fsp3) is 0.0909. The first-order valence-corrected chi connectivity index (χ1v) is 7.50. The lowest BCUT2D eigenvalue weighted by molar-refractivity contribution is 0.598. The summed E-state index contributed by atoms with van der Waals surface area (Å²) in [7, 11) is -3.97. The van der Waals surface area contributed by atoms with Crippen LogP contribution in [0, 0.1) is 12.7 Å². The number of anilines is 1. The van der Waals surface area contributed by atoms with E-state index in [-0.39, 0.29) is 26.5 Å². The Morgan fingerprint density at radius 1 is 1.20 bits per heavy atom. The van der Waals surface area contributed by atoms with E-state index in [4.69, 9.17) is 23.2 Å². The van der Waals surface area contributed by atoms with Crippen LogP contribution in [0.25, 0.3) is 0 Å². The van der Waals surface area contributed by atoms with Crippen LogP contribution in [0.3, 0.4) is 0 Å². The lowest BCUT2D eigenvalue weighted by Crippen LogP contribution is -2.15. The summed E-state index contributed by atoms with van der Waals surface area (Å²) in [5.41, 5.74) is 0.126. The van der Waals surface area contributed by atoms with Crippen LogP contribution >= 0.6 is 23.2 Å². The monoisotopic (exact) mass is 335 g/mol. The normalized spacial score (nSPS) is 11.4. The van der Waals surface area contributed by atoms with Crippen LogP contribution in [0.2, 0.25) is 10.3 Å². The highest BCUT2D eigenvalue weighted by Gasteiger charge is 2.21. The number of aryl methyl sites for hydroxylation is 1. The molecule has 0 bridgehead atoms. The predicted octanol–water partition coefficient (Wildman–Crippen LogP) is 3.03. The number of nitrogens with zero attached hydrogens (tertiary/aromatic N) is 2. The third-order valence-corrected chi connectivity index (χ3v) is 4.50. The van der Waals surface area contributed by atoms with Crippen molar-refractivity contribution in [2.24, 2.45) is 0 Å². The third kappa shape index (κ3) is 3.00. The van der Waals surface area contributed by atoms with E-state index in [0.717, 1.165) is 24.5 Å². The standard InChI is InChI=1S/C11H8Cl2FN3O2S/c1-6-4-7(14)2-3-8(6)20(18,19)17-9-10(12)15-5-16-11(9)13/h2-5,17H,1H3. The fourth-order valence-electron chi connectivity index (χ4n) is 1.53. The summed E-state index contributed by atoms with van der Waals surface area (Å²) in [6.45, 7) is 1.47. The summed E-state index contributed by atoms with van der Waals surface area (Å²) in [4.78, 5) is 7.19. The summed E-state index contributed by atoms with van der Waals surface area (Å²) in [6, 6.07) is 3.31. The lowest BCUT2D eigenvalue weighted by atomic mass is 10.2. The maximum Gasteiger partial charge on any atom is 0.262 e. The smallest absolute Gasteiger partial charge is 0.262 e. The average molecular weight is 336 g/mol. The summed E-state index contributed by atoms with van der Waals surface area (Å²) >= 11 is 11.5. The molecule has 1 aromatic carbocycles. The van der Waals surface area contributed by atoms with Gasteiger partial charge in [0.2, 0.25) is 0 Å². The molecule has 0 aliphatic carbocycles. The molecule has 0 saturated carbocycles. The van der Waals surface area contributed by atoms with E-state index in [1.54, 1.807) is 0 Å². The number of halogens is 3. The number of nitrogens with one attached hydrogen (secondary N) is 1. The van der Waals surface area contributed by atoms with E-state index in [1.165, 1.54) is 6.92 Å². The summed E-state index contributed by atoms with van der Waals surface area (Å²) in [5, 5.41) is -0.262. The van der Waals surface area contributed by atoms with Crippen molar-refractivity contribution in [1.82, 2.24) is 9.97 Å². The molecular weight excluding hydrogens is 328 g/mol. The molecule has 1 heterocycles. The summed E-state index contributed by atoms with van der Waals surface area (Å²) in [6.07, 6.45) is 1.10. The Morgan fingerprint density at radius 2 is 1.80 bits per heavy atom. The zero-order valence-corrected chi connectivity index (χ0v) is 12.4. The van der Waals surface area contributed by atoms with Crippen molar-refractivity contribution in [3.63, 3.8) is 0 Å². The second-order valence-electron chi connectivity index (χ2n) is 3.85. The highest BCUT2D eigenvalue weighted by atomic mass is 35.5. The van der Waals surface area contributed by atoms with Gasteiger partial charge in [-0.3, -0.25) is 4.72 Å². The van der Waals surface area contributed by atoms with Crippen LogP contribution in [0.1, 0.15) is 5.56 Å². The van der Waals surface area contributed by atoms with Gasteiger partial charge in [-0.1, -0.05) is 23.2 Å². The van der Waals surface area contributed by atoms with Gasteiger partial charge in [-0.25, -0.2) is 22.8 Å². The first-order valence-electron chi connectivity index (χ1n) is 5.26. The second-order valence-corrected chi connectivity index (χ2v) is 6.21. The van der Waals surface area contributed by atoms with Gasteiger partial charge < -0.3 is 0 Å². The molecule has 2 aromatic rings. The molecule has 5 nitrogen and oxygen atoms in total.